The molecule has 0 saturated carbocycles. The van der Waals surface area contributed by atoms with Crippen LogP contribution in [0.1, 0.15) is 5.56 Å². The Bertz CT molecular complexity index is 511. The Labute approximate surface area is 78.8 Å². The molecule has 0 aromatic heterocycles. The van der Waals surface area contributed by atoms with Crippen LogP contribution in [-0.2, 0) is 16.6 Å². The van der Waals surface area contributed by atoms with E-state index >= 15 is 0 Å². The fraction of sp³-hybridized carbons (Fsp3) is 0.0909. The number of hydrogen-bond acceptors (Lipinski definition) is 1. The van der Waals surface area contributed by atoms with Gasteiger partial charge >= 0.3 is 0 Å². The third-order valence-corrected chi connectivity index (χ3v) is 3.89. The topological polar surface area (TPSA) is 17.1 Å². The molecule has 3 rings (SSSR count). The predicted octanol–water partition coefficient (Wildman–Crippen LogP) is 2.46. The van der Waals surface area contributed by atoms with Gasteiger partial charge in [-0.05, 0) is 17.0 Å². The smallest absolute Gasteiger partial charge is 0.0580 e. The van der Waals surface area contributed by atoms with Crippen LogP contribution in [-0.4, -0.2) is 4.21 Å². The summed E-state index contributed by atoms with van der Waals surface area (Å²) in [6, 6.07) is 12.2. The molecule has 1 atom stereocenters. The number of hydrogen-bond donors (Lipinski definition) is 0. The Morgan fingerprint density at radius 2 is 1.85 bits per heavy atom. The molecule has 2 heteroatoms. The lowest BCUT2D eigenvalue weighted by atomic mass is 10.1. The van der Waals surface area contributed by atoms with Gasteiger partial charge < -0.3 is 0 Å². The molecule has 0 radical (unpaired) electrons. The van der Waals surface area contributed by atoms with Crippen LogP contribution in [0.2, 0.25) is 0 Å². The highest BCUT2D eigenvalue weighted by Crippen LogP contribution is 2.33. The van der Waals surface area contributed by atoms with Gasteiger partial charge in [0.15, 0.2) is 0 Å². The maximum atomic E-state index is 11.7. The van der Waals surface area contributed by atoms with Crippen molar-refractivity contribution in [3.05, 3.63) is 42.0 Å². The summed E-state index contributed by atoms with van der Waals surface area (Å²) in [5.74, 6) is 0.691. The monoisotopic (exact) mass is 188 g/mol. The summed E-state index contributed by atoms with van der Waals surface area (Å²) in [5, 5.41) is 2.42. The summed E-state index contributed by atoms with van der Waals surface area (Å²) in [6.07, 6.45) is 0. The van der Waals surface area contributed by atoms with E-state index in [9.17, 15) is 4.21 Å². The summed E-state index contributed by atoms with van der Waals surface area (Å²) in [4.78, 5) is 1.01. The van der Waals surface area contributed by atoms with Gasteiger partial charge in [-0.25, -0.2) is 0 Å². The molecule has 1 aliphatic heterocycles. The minimum atomic E-state index is -0.806. The maximum absolute atomic E-state index is 11.7. The lowest BCUT2D eigenvalue weighted by molar-refractivity contribution is 0.684. The first-order valence-corrected chi connectivity index (χ1v) is 5.57. The lowest BCUT2D eigenvalue weighted by Gasteiger charge is -1.97. The zero-order valence-corrected chi connectivity index (χ0v) is 7.80. The average Bonchev–Trinajstić information content (AvgIpc) is 2.47. The molecule has 1 heterocycles. The SMILES string of the molecule is O=S1Cc2cccc3cccc1c23. The van der Waals surface area contributed by atoms with Crippen LogP contribution < -0.4 is 0 Å². The largest absolute Gasteiger partial charge is 0.254 e. The molecular weight excluding hydrogens is 180 g/mol. The first-order chi connectivity index (χ1) is 6.36. The maximum Gasteiger partial charge on any atom is 0.0580 e. The summed E-state index contributed by atoms with van der Waals surface area (Å²) in [7, 11) is -0.806. The van der Waals surface area contributed by atoms with E-state index in [1.807, 2.05) is 18.2 Å². The Hall–Kier alpha value is -1.15. The Balaban J connectivity index is 2.58. The molecule has 13 heavy (non-hydrogen) atoms. The van der Waals surface area contributed by atoms with Crippen LogP contribution in [0.15, 0.2) is 41.3 Å². The minimum absolute atomic E-state index is 0.691. The van der Waals surface area contributed by atoms with Crippen LogP contribution in [0.3, 0.4) is 0 Å². The molecule has 1 aliphatic rings. The second-order valence-corrected chi connectivity index (χ2v) is 4.68. The summed E-state index contributed by atoms with van der Waals surface area (Å²) >= 11 is 0. The molecule has 1 unspecified atom stereocenters. The molecule has 0 amide bonds. The number of benzene rings is 2. The van der Waals surface area contributed by atoms with Crippen LogP contribution in [0, 0.1) is 0 Å². The summed E-state index contributed by atoms with van der Waals surface area (Å²) in [5.41, 5.74) is 1.23. The van der Waals surface area contributed by atoms with E-state index in [1.54, 1.807) is 0 Å². The van der Waals surface area contributed by atoms with E-state index < -0.39 is 10.8 Å². The van der Waals surface area contributed by atoms with Gasteiger partial charge in [0, 0.05) is 10.3 Å². The Morgan fingerprint density at radius 3 is 2.69 bits per heavy atom. The molecule has 0 fully saturated rings. The minimum Gasteiger partial charge on any atom is -0.254 e. The highest BCUT2D eigenvalue weighted by Gasteiger charge is 2.19. The van der Waals surface area contributed by atoms with Crippen molar-refractivity contribution in [2.24, 2.45) is 0 Å². The van der Waals surface area contributed by atoms with Crippen LogP contribution >= 0.6 is 0 Å². The van der Waals surface area contributed by atoms with Crippen molar-refractivity contribution in [3.8, 4) is 0 Å². The fourth-order valence-corrected chi connectivity index (χ4v) is 3.30. The van der Waals surface area contributed by atoms with Crippen molar-refractivity contribution < 1.29 is 4.21 Å². The van der Waals surface area contributed by atoms with Crippen LogP contribution in [0.25, 0.3) is 10.8 Å². The lowest BCUT2D eigenvalue weighted by Crippen LogP contribution is -1.84. The number of rotatable bonds is 0. The van der Waals surface area contributed by atoms with Crippen LogP contribution in [0.5, 0.6) is 0 Å². The zero-order chi connectivity index (χ0) is 8.84. The highest BCUT2D eigenvalue weighted by molar-refractivity contribution is 7.84. The van der Waals surface area contributed by atoms with Gasteiger partial charge in [0.25, 0.3) is 0 Å². The van der Waals surface area contributed by atoms with Gasteiger partial charge in [0.1, 0.15) is 0 Å². The van der Waals surface area contributed by atoms with Gasteiger partial charge in [0.05, 0.1) is 16.6 Å². The van der Waals surface area contributed by atoms with E-state index in [0.29, 0.717) is 5.75 Å². The molecule has 1 nitrogen and oxygen atoms in total. The Morgan fingerprint density at radius 1 is 1.08 bits per heavy atom. The van der Waals surface area contributed by atoms with Crippen LogP contribution in [0.4, 0.5) is 0 Å². The molecule has 2 aromatic rings. The molecule has 0 aliphatic carbocycles. The predicted molar refractivity (Wildman–Crippen MR) is 54.1 cm³/mol. The van der Waals surface area contributed by atoms with Crippen molar-refractivity contribution >= 4 is 21.6 Å². The second-order valence-electron chi connectivity index (χ2n) is 3.26. The van der Waals surface area contributed by atoms with E-state index in [1.165, 1.54) is 16.3 Å². The van der Waals surface area contributed by atoms with E-state index in [0.717, 1.165) is 4.90 Å². The van der Waals surface area contributed by atoms with E-state index in [4.69, 9.17) is 0 Å². The summed E-state index contributed by atoms with van der Waals surface area (Å²) < 4.78 is 11.7. The van der Waals surface area contributed by atoms with Crippen molar-refractivity contribution in [3.63, 3.8) is 0 Å². The molecule has 0 saturated heterocycles. The molecule has 0 bridgehead atoms. The van der Waals surface area contributed by atoms with Crippen molar-refractivity contribution in [1.29, 1.82) is 0 Å². The normalized spacial score (nSPS) is 19.5. The quantitative estimate of drug-likeness (QED) is 0.620. The van der Waals surface area contributed by atoms with Crippen molar-refractivity contribution in [2.75, 3.05) is 0 Å². The first-order valence-electron chi connectivity index (χ1n) is 4.25. The molecule has 2 aromatic carbocycles. The van der Waals surface area contributed by atoms with Gasteiger partial charge in [-0.1, -0.05) is 30.3 Å². The van der Waals surface area contributed by atoms with E-state index in [2.05, 4.69) is 18.2 Å². The van der Waals surface area contributed by atoms with Gasteiger partial charge in [-0.3, -0.25) is 4.21 Å². The summed E-state index contributed by atoms with van der Waals surface area (Å²) in [6.45, 7) is 0. The van der Waals surface area contributed by atoms with Gasteiger partial charge in [-0.2, -0.15) is 0 Å². The fourth-order valence-electron chi connectivity index (χ4n) is 1.91. The zero-order valence-electron chi connectivity index (χ0n) is 6.99. The van der Waals surface area contributed by atoms with Gasteiger partial charge in [-0.15, -0.1) is 0 Å². The second kappa shape index (κ2) is 2.42. The van der Waals surface area contributed by atoms with Crippen molar-refractivity contribution in [1.82, 2.24) is 0 Å². The third kappa shape index (κ3) is 0.893. The van der Waals surface area contributed by atoms with Gasteiger partial charge in [0.2, 0.25) is 0 Å². The average molecular weight is 188 g/mol. The standard InChI is InChI=1S/C11H8OS/c12-13-7-9-5-1-3-8-4-2-6-10(13)11(8)9/h1-6H,7H2. The molecule has 0 spiro atoms. The van der Waals surface area contributed by atoms with E-state index in [-0.39, 0.29) is 0 Å². The Kier molecular flexibility index (Phi) is 1.35. The molecular formula is C11H8OS. The third-order valence-electron chi connectivity index (χ3n) is 2.48. The van der Waals surface area contributed by atoms with Crippen molar-refractivity contribution in [2.45, 2.75) is 10.6 Å². The highest BCUT2D eigenvalue weighted by atomic mass is 32.2. The molecule has 0 N–H and O–H groups in total. The first kappa shape index (κ1) is 7.27. The molecule has 64 valence electrons.